The molecule has 1 aliphatic heterocycles. The summed E-state index contributed by atoms with van der Waals surface area (Å²) in [6.45, 7) is 4.29. The van der Waals surface area contributed by atoms with E-state index >= 15 is 0 Å². The normalized spacial score (nSPS) is 22.3. The van der Waals surface area contributed by atoms with Crippen molar-refractivity contribution in [1.82, 2.24) is 10.2 Å². The molecule has 1 aliphatic rings. The molecule has 1 aromatic carbocycles. The third-order valence-corrected chi connectivity index (χ3v) is 3.83. The summed E-state index contributed by atoms with van der Waals surface area (Å²) in [5.74, 6) is 0.100. The van der Waals surface area contributed by atoms with Crippen LogP contribution in [0.5, 0.6) is 5.75 Å². The molecule has 1 saturated heterocycles. The molecule has 0 saturated carbocycles. The molecule has 0 bridgehead atoms. The number of benzene rings is 1. The summed E-state index contributed by atoms with van der Waals surface area (Å²) in [5.41, 5.74) is 0.907. The zero-order chi connectivity index (χ0) is 15.4. The van der Waals surface area contributed by atoms with E-state index in [1.165, 1.54) is 0 Å². The maximum atomic E-state index is 12.6. The topological polar surface area (TPSA) is 69.6 Å². The Morgan fingerprint density at radius 2 is 1.86 bits per heavy atom. The fraction of sp³-hybridized carbons (Fsp3) is 0.500. The van der Waals surface area contributed by atoms with Gasteiger partial charge in [0.1, 0.15) is 17.8 Å². The van der Waals surface area contributed by atoms with Gasteiger partial charge in [0.2, 0.25) is 11.8 Å². The molecule has 0 spiro atoms. The van der Waals surface area contributed by atoms with E-state index < -0.39 is 12.1 Å². The fourth-order valence-electron chi connectivity index (χ4n) is 2.70. The monoisotopic (exact) mass is 290 g/mol. The van der Waals surface area contributed by atoms with Crippen LogP contribution in [0.25, 0.3) is 0 Å². The number of phenols is 1. The number of amides is 2. The van der Waals surface area contributed by atoms with Crippen molar-refractivity contribution in [3.63, 3.8) is 0 Å². The van der Waals surface area contributed by atoms with Crippen molar-refractivity contribution in [3.8, 4) is 5.75 Å². The highest BCUT2D eigenvalue weighted by atomic mass is 16.3. The van der Waals surface area contributed by atoms with E-state index in [9.17, 15) is 14.7 Å². The van der Waals surface area contributed by atoms with Gasteiger partial charge in [-0.1, -0.05) is 32.4 Å². The minimum absolute atomic E-state index is 0.0172. The lowest BCUT2D eigenvalue weighted by Gasteiger charge is -2.38. The Balaban J connectivity index is 2.20. The molecule has 5 nitrogen and oxygen atoms in total. The first kappa shape index (κ1) is 15.4. The van der Waals surface area contributed by atoms with Crippen LogP contribution in [-0.4, -0.2) is 33.9 Å². The third-order valence-electron chi connectivity index (χ3n) is 3.83. The van der Waals surface area contributed by atoms with Gasteiger partial charge in [-0.25, -0.2) is 0 Å². The highest BCUT2D eigenvalue weighted by Crippen LogP contribution is 2.20. The van der Waals surface area contributed by atoms with Crippen LogP contribution in [0.15, 0.2) is 24.3 Å². The summed E-state index contributed by atoms with van der Waals surface area (Å²) in [6.07, 6.45) is 2.10. The molecule has 0 aliphatic carbocycles. The Morgan fingerprint density at radius 1 is 1.19 bits per heavy atom. The van der Waals surface area contributed by atoms with Crippen LogP contribution in [0.1, 0.15) is 38.7 Å². The summed E-state index contributed by atoms with van der Waals surface area (Å²) in [7, 11) is 0. The van der Waals surface area contributed by atoms with Gasteiger partial charge in [-0.05, 0) is 30.5 Å². The smallest absolute Gasteiger partial charge is 0.246 e. The Labute approximate surface area is 125 Å². The van der Waals surface area contributed by atoms with Crippen LogP contribution in [0.2, 0.25) is 0 Å². The summed E-state index contributed by atoms with van der Waals surface area (Å²) in [6, 6.07) is 5.90. The Bertz CT molecular complexity index is 513. The van der Waals surface area contributed by atoms with Gasteiger partial charge in [-0.2, -0.15) is 0 Å². The molecule has 2 N–H and O–H groups in total. The number of carbonyl (C=O) groups excluding carboxylic acids is 2. The van der Waals surface area contributed by atoms with E-state index in [1.54, 1.807) is 29.2 Å². The minimum Gasteiger partial charge on any atom is -0.508 e. The predicted octanol–water partition coefficient (Wildman–Crippen LogP) is 1.80. The average Bonchev–Trinajstić information content (AvgIpc) is 2.47. The summed E-state index contributed by atoms with van der Waals surface area (Å²) < 4.78 is 0. The molecule has 114 valence electrons. The van der Waals surface area contributed by atoms with Gasteiger partial charge in [-0.3, -0.25) is 9.59 Å². The van der Waals surface area contributed by atoms with Crippen LogP contribution in [0.3, 0.4) is 0 Å². The van der Waals surface area contributed by atoms with Crippen molar-refractivity contribution in [1.29, 1.82) is 0 Å². The standard InChI is InChI=1S/C16H22N2O3/c1-3-5-13-16(21)18(14(4-2)15(20)17-13)10-11-6-8-12(19)9-7-11/h6-9,13-14,19H,3-5,10H2,1-2H3,(H,17,20). The van der Waals surface area contributed by atoms with Crippen molar-refractivity contribution in [2.45, 2.75) is 51.7 Å². The largest absolute Gasteiger partial charge is 0.508 e. The SMILES string of the molecule is CCCC1NC(=O)C(CC)N(Cc2ccc(O)cc2)C1=O. The Hall–Kier alpha value is -2.04. The number of rotatable bonds is 5. The van der Waals surface area contributed by atoms with E-state index in [4.69, 9.17) is 0 Å². The second kappa shape index (κ2) is 6.61. The molecule has 5 heteroatoms. The second-order valence-corrected chi connectivity index (χ2v) is 5.41. The first-order valence-electron chi connectivity index (χ1n) is 7.45. The van der Waals surface area contributed by atoms with E-state index in [1.807, 2.05) is 13.8 Å². The predicted molar refractivity (Wildman–Crippen MR) is 79.6 cm³/mol. The Kier molecular flexibility index (Phi) is 4.83. The van der Waals surface area contributed by atoms with Crippen LogP contribution >= 0.6 is 0 Å². The van der Waals surface area contributed by atoms with Crippen LogP contribution in [0.4, 0.5) is 0 Å². The number of hydrogen-bond acceptors (Lipinski definition) is 3. The maximum absolute atomic E-state index is 12.6. The van der Waals surface area contributed by atoms with Crippen molar-refractivity contribution in [3.05, 3.63) is 29.8 Å². The molecule has 1 fully saturated rings. The maximum Gasteiger partial charge on any atom is 0.246 e. The van der Waals surface area contributed by atoms with E-state index in [-0.39, 0.29) is 17.6 Å². The van der Waals surface area contributed by atoms with Crippen LogP contribution in [0, 0.1) is 0 Å². The number of nitrogens with zero attached hydrogens (tertiary/aromatic N) is 1. The molecular formula is C16H22N2O3. The number of carbonyl (C=O) groups is 2. The number of piperazine rings is 1. The van der Waals surface area contributed by atoms with Gasteiger partial charge in [0, 0.05) is 6.54 Å². The third kappa shape index (κ3) is 3.35. The van der Waals surface area contributed by atoms with Gasteiger partial charge in [0.25, 0.3) is 0 Å². The minimum atomic E-state index is -0.417. The zero-order valence-corrected chi connectivity index (χ0v) is 12.5. The quantitative estimate of drug-likeness (QED) is 0.868. The zero-order valence-electron chi connectivity index (χ0n) is 12.5. The summed E-state index contributed by atoms with van der Waals surface area (Å²) in [5, 5.41) is 12.1. The highest BCUT2D eigenvalue weighted by Gasteiger charge is 2.38. The number of hydrogen-bond donors (Lipinski definition) is 2. The van der Waals surface area contributed by atoms with Crippen molar-refractivity contribution >= 4 is 11.8 Å². The fourth-order valence-corrected chi connectivity index (χ4v) is 2.70. The molecule has 2 amide bonds. The van der Waals surface area contributed by atoms with Crippen molar-refractivity contribution in [2.24, 2.45) is 0 Å². The first-order valence-corrected chi connectivity index (χ1v) is 7.45. The summed E-state index contributed by atoms with van der Waals surface area (Å²) in [4.78, 5) is 26.4. The summed E-state index contributed by atoms with van der Waals surface area (Å²) >= 11 is 0. The van der Waals surface area contributed by atoms with Crippen LogP contribution < -0.4 is 5.32 Å². The lowest BCUT2D eigenvalue weighted by Crippen LogP contribution is -2.62. The van der Waals surface area contributed by atoms with Gasteiger partial charge >= 0.3 is 0 Å². The first-order chi connectivity index (χ1) is 10.1. The molecule has 2 rings (SSSR count). The van der Waals surface area contributed by atoms with Gasteiger partial charge < -0.3 is 15.3 Å². The molecule has 1 heterocycles. The molecule has 0 radical (unpaired) electrons. The molecule has 21 heavy (non-hydrogen) atoms. The van der Waals surface area contributed by atoms with Crippen molar-refractivity contribution in [2.75, 3.05) is 0 Å². The van der Waals surface area contributed by atoms with Crippen molar-refractivity contribution < 1.29 is 14.7 Å². The molecule has 2 atom stereocenters. The van der Waals surface area contributed by atoms with Crippen LogP contribution in [-0.2, 0) is 16.1 Å². The second-order valence-electron chi connectivity index (χ2n) is 5.41. The highest BCUT2D eigenvalue weighted by molar-refractivity contribution is 5.96. The molecule has 2 unspecified atom stereocenters. The van der Waals surface area contributed by atoms with Gasteiger partial charge in [-0.15, -0.1) is 0 Å². The molecule has 1 aromatic rings. The lowest BCUT2D eigenvalue weighted by atomic mass is 10.0. The molecular weight excluding hydrogens is 268 g/mol. The Morgan fingerprint density at radius 3 is 2.43 bits per heavy atom. The van der Waals surface area contributed by atoms with E-state index in [2.05, 4.69) is 5.32 Å². The van der Waals surface area contributed by atoms with E-state index in [0.717, 1.165) is 12.0 Å². The molecule has 0 aromatic heterocycles. The number of nitrogens with one attached hydrogen (secondary N) is 1. The number of aromatic hydroxyl groups is 1. The van der Waals surface area contributed by atoms with Gasteiger partial charge in [0.15, 0.2) is 0 Å². The number of phenolic OH excluding ortho intramolecular Hbond substituents is 1. The lowest BCUT2D eigenvalue weighted by molar-refractivity contribution is -0.150. The van der Waals surface area contributed by atoms with E-state index in [0.29, 0.717) is 19.4 Å². The van der Waals surface area contributed by atoms with Gasteiger partial charge in [0.05, 0.1) is 0 Å². The average molecular weight is 290 g/mol.